The molecule has 0 fully saturated rings. The molecule has 32 heavy (non-hydrogen) atoms. The van der Waals surface area contributed by atoms with Crippen molar-refractivity contribution in [2.45, 2.75) is 25.3 Å². The lowest BCUT2D eigenvalue weighted by Gasteiger charge is -2.20. The highest BCUT2D eigenvalue weighted by Crippen LogP contribution is 2.31. The molecule has 7 heteroatoms. The van der Waals surface area contributed by atoms with Gasteiger partial charge in [0, 0.05) is 17.5 Å². The quantitative estimate of drug-likeness (QED) is 0.402. The standard InChI is InChI=1S/C25H25N3O4/c26-18-11-12-19-20(14-18)28-24(29)23(32-15-17-9-5-2-6-10-17)22(19)27-21(25(30)31)13-16-7-3-1-4-8-16/h1,3-5,7-12,14,21H,2,6,13,15,26H2,(H,30,31)(H2,27,28,29). The number of benzene rings is 2. The van der Waals surface area contributed by atoms with Crippen LogP contribution in [0.4, 0.5) is 11.4 Å². The number of nitrogens with one attached hydrogen (secondary N) is 2. The number of aromatic amines is 1. The summed E-state index contributed by atoms with van der Waals surface area (Å²) in [7, 11) is 0. The molecule has 0 bridgehead atoms. The van der Waals surface area contributed by atoms with Crippen LogP contribution in [0.2, 0.25) is 0 Å². The van der Waals surface area contributed by atoms with Crippen molar-refractivity contribution in [2.24, 2.45) is 0 Å². The molecule has 1 atom stereocenters. The van der Waals surface area contributed by atoms with Gasteiger partial charge in [0.2, 0.25) is 5.75 Å². The molecule has 0 saturated carbocycles. The van der Waals surface area contributed by atoms with Crippen LogP contribution in [0.25, 0.3) is 10.9 Å². The van der Waals surface area contributed by atoms with Gasteiger partial charge < -0.3 is 25.9 Å². The fraction of sp³-hybridized carbons (Fsp3) is 0.200. The van der Waals surface area contributed by atoms with Gasteiger partial charge >= 0.3 is 5.97 Å². The van der Waals surface area contributed by atoms with Crippen LogP contribution >= 0.6 is 0 Å². The number of ether oxygens (including phenoxy) is 1. The summed E-state index contributed by atoms with van der Waals surface area (Å²) >= 11 is 0. The number of carboxylic acid groups (broad SMARTS) is 1. The van der Waals surface area contributed by atoms with E-state index in [1.54, 1.807) is 18.2 Å². The number of rotatable bonds is 8. The zero-order chi connectivity index (χ0) is 22.5. The maximum absolute atomic E-state index is 12.9. The third-order valence-corrected chi connectivity index (χ3v) is 5.35. The van der Waals surface area contributed by atoms with E-state index in [4.69, 9.17) is 10.5 Å². The lowest BCUT2D eigenvalue weighted by molar-refractivity contribution is -0.137. The lowest BCUT2D eigenvalue weighted by Crippen LogP contribution is -2.32. The number of carbonyl (C=O) groups is 1. The largest absolute Gasteiger partial charge is 0.481 e. The van der Waals surface area contributed by atoms with Crippen molar-refractivity contribution in [1.82, 2.24) is 4.98 Å². The number of aliphatic carboxylic acids is 1. The van der Waals surface area contributed by atoms with Gasteiger partial charge in [0.15, 0.2) is 0 Å². The van der Waals surface area contributed by atoms with Gasteiger partial charge in [0.05, 0.1) is 11.2 Å². The van der Waals surface area contributed by atoms with Crippen LogP contribution in [0.3, 0.4) is 0 Å². The average Bonchev–Trinajstić information content (AvgIpc) is 2.79. The topological polar surface area (TPSA) is 117 Å². The fourth-order valence-electron chi connectivity index (χ4n) is 3.73. The second kappa shape index (κ2) is 9.43. The molecule has 1 aliphatic rings. The monoisotopic (exact) mass is 431 g/mol. The second-order valence-electron chi connectivity index (χ2n) is 7.74. The summed E-state index contributed by atoms with van der Waals surface area (Å²) in [4.78, 5) is 27.8. The Morgan fingerprint density at radius 1 is 1.19 bits per heavy atom. The molecule has 164 valence electrons. The van der Waals surface area contributed by atoms with E-state index in [0.717, 1.165) is 24.0 Å². The van der Waals surface area contributed by atoms with Gasteiger partial charge in [-0.05, 0) is 42.2 Å². The van der Waals surface area contributed by atoms with E-state index in [1.165, 1.54) is 0 Å². The van der Waals surface area contributed by atoms with E-state index < -0.39 is 17.6 Å². The van der Waals surface area contributed by atoms with E-state index in [9.17, 15) is 14.7 Å². The number of hydrogen-bond donors (Lipinski definition) is 4. The predicted octanol–water partition coefficient (Wildman–Crippen LogP) is 3.87. The van der Waals surface area contributed by atoms with Gasteiger partial charge in [-0.1, -0.05) is 48.6 Å². The number of fused-ring (bicyclic) bond motifs is 1. The highest BCUT2D eigenvalue weighted by Gasteiger charge is 2.23. The summed E-state index contributed by atoms with van der Waals surface area (Å²) in [6.45, 7) is 0.213. The molecule has 7 nitrogen and oxygen atoms in total. The second-order valence-corrected chi connectivity index (χ2v) is 7.74. The predicted molar refractivity (Wildman–Crippen MR) is 126 cm³/mol. The maximum atomic E-state index is 12.9. The first-order valence-corrected chi connectivity index (χ1v) is 10.5. The molecule has 5 N–H and O–H groups in total. The van der Waals surface area contributed by atoms with Crippen molar-refractivity contribution in [2.75, 3.05) is 17.7 Å². The van der Waals surface area contributed by atoms with E-state index >= 15 is 0 Å². The SMILES string of the molecule is Nc1ccc2c(NC(Cc3ccccc3)C(=O)O)c(OCC3=CCCC=C3)c(=O)[nH]c2c1. The molecule has 0 aliphatic heterocycles. The zero-order valence-electron chi connectivity index (χ0n) is 17.5. The molecule has 1 aliphatic carbocycles. The Bertz CT molecular complexity index is 1250. The molecule has 0 amide bonds. The van der Waals surface area contributed by atoms with Gasteiger partial charge in [-0.3, -0.25) is 4.79 Å². The van der Waals surface area contributed by atoms with Crippen LogP contribution in [0, 0.1) is 0 Å². The Morgan fingerprint density at radius 2 is 2.00 bits per heavy atom. The van der Waals surface area contributed by atoms with E-state index in [2.05, 4.69) is 22.5 Å². The van der Waals surface area contributed by atoms with Crippen molar-refractivity contribution in [3.05, 3.63) is 88.2 Å². The van der Waals surface area contributed by atoms with Gasteiger partial charge in [-0.2, -0.15) is 0 Å². The van der Waals surface area contributed by atoms with Crippen LogP contribution in [0.15, 0.2) is 77.1 Å². The van der Waals surface area contributed by atoms with Crippen molar-refractivity contribution < 1.29 is 14.6 Å². The number of hydrogen-bond acceptors (Lipinski definition) is 5. The minimum Gasteiger partial charge on any atom is -0.481 e. The number of allylic oxidation sites excluding steroid dienone is 2. The maximum Gasteiger partial charge on any atom is 0.326 e. The van der Waals surface area contributed by atoms with E-state index in [0.29, 0.717) is 22.3 Å². The smallest absolute Gasteiger partial charge is 0.326 e. The van der Waals surface area contributed by atoms with Gasteiger partial charge in [-0.25, -0.2) is 4.79 Å². The molecule has 2 aromatic carbocycles. The molecule has 1 heterocycles. The normalized spacial score (nSPS) is 14.1. The molecule has 1 aromatic heterocycles. The van der Waals surface area contributed by atoms with Gasteiger partial charge in [0.25, 0.3) is 5.56 Å². The Kier molecular flexibility index (Phi) is 6.26. The molecule has 3 aromatic rings. The molecule has 0 saturated heterocycles. The number of pyridine rings is 1. The van der Waals surface area contributed by atoms with Crippen molar-refractivity contribution >= 4 is 28.2 Å². The van der Waals surface area contributed by atoms with Crippen LogP contribution < -0.4 is 21.3 Å². The number of nitrogens with two attached hydrogens (primary N) is 1. The fourth-order valence-corrected chi connectivity index (χ4v) is 3.73. The summed E-state index contributed by atoms with van der Waals surface area (Å²) in [5.41, 5.74) is 8.61. The Balaban J connectivity index is 1.73. The summed E-state index contributed by atoms with van der Waals surface area (Å²) in [5.74, 6) is -0.969. The Labute approximate surface area is 185 Å². The first-order valence-electron chi connectivity index (χ1n) is 10.5. The minimum atomic E-state index is -1.03. The average molecular weight is 431 g/mol. The summed E-state index contributed by atoms with van der Waals surface area (Å²) in [5, 5.41) is 13.6. The number of aromatic nitrogens is 1. The van der Waals surface area contributed by atoms with Crippen molar-refractivity contribution in [3.8, 4) is 5.75 Å². The highest BCUT2D eigenvalue weighted by atomic mass is 16.5. The van der Waals surface area contributed by atoms with Gasteiger partial charge in [0.1, 0.15) is 12.6 Å². The van der Waals surface area contributed by atoms with Gasteiger partial charge in [-0.15, -0.1) is 0 Å². The van der Waals surface area contributed by atoms with E-state index in [-0.39, 0.29) is 18.8 Å². The molecule has 0 spiro atoms. The van der Waals surface area contributed by atoms with Crippen LogP contribution in [0.1, 0.15) is 18.4 Å². The Morgan fingerprint density at radius 3 is 2.72 bits per heavy atom. The van der Waals surface area contributed by atoms with Crippen LogP contribution in [-0.4, -0.2) is 28.7 Å². The summed E-state index contributed by atoms with van der Waals surface area (Å²) in [6, 6.07) is 13.5. The first kappa shape index (κ1) is 21.2. The first-order chi connectivity index (χ1) is 15.5. The number of nitrogen functional groups attached to an aromatic ring is 1. The zero-order valence-corrected chi connectivity index (χ0v) is 17.5. The van der Waals surface area contributed by atoms with Crippen molar-refractivity contribution in [3.63, 3.8) is 0 Å². The highest BCUT2D eigenvalue weighted by molar-refractivity contribution is 5.97. The third kappa shape index (κ3) is 4.83. The lowest BCUT2D eigenvalue weighted by atomic mass is 10.0. The number of carboxylic acids is 1. The third-order valence-electron chi connectivity index (χ3n) is 5.35. The minimum absolute atomic E-state index is 0.0569. The van der Waals surface area contributed by atoms with Crippen molar-refractivity contribution in [1.29, 1.82) is 0 Å². The molecular formula is C25H25N3O4. The molecule has 1 unspecified atom stereocenters. The molecular weight excluding hydrogens is 406 g/mol. The molecule has 0 radical (unpaired) electrons. The number of anilines is 2. The van der Waals surface area contributed by atoms with E-state index in [1.807, 2.05) is 36.4 Å². The number of H-pyrrole nitrogens is 1. The van der Waals surface area contributed by atoms with Crippen LogP contribution in [0.5, 0.6) is 5.75 Å². The molecule has 4 rings (SSSR count). The summed E-state index contributed by atoms with van der Waals surface area (Å²) < 4.78 is 5.93. The Hall–Kier alpha value is -4.00. The summed E-state index contributed by atoms with van der Waals surface area (Å²) in [6.07, 6.45) is 8.25. The van der Waals surface area contributed by atoms with Crippen LogP contribution in [-0.2, 0) is 11.2 Å².